The van der Waals surface area contributed by atoms with Gasteiger partial charge in [0, 0.05) is 12.5 Å². The Bertz CT molecular complexity index is 263. The van der Waals surface area contributed by atoms with Crippen LogP contribution < -0.4 is 11.1 Å². The average molecular weight is 228 g/mol. The zero-order valence-corrected chi connectivity index (χ0v) is 10.3. The molecule has 1 atom stereocenters. The summed E-state index contributed by atoms with van der Waals surface area (Å²) in [6, 6.07) is 0. The molecule has 0 aromatic carbocycles. The molecule has 0 aliphatic heterocycles. The van der Waals surface area contributed by atoms with E-state index in [0.717, 1.165) is 32.2 Å². The normalized spacial score (nSPS) is 22.1. The Kier molecular flexibility index (Phi) is 4.08. The number of carbonyl (C=O) groups excluding carboxylic acids is 1. The van der Waals surface area contributed by atoms with Crippen LogP contribution in [0.5, 0.6) is 0 Å². The van der Waals surface area contributed by atoms with Gasteiger partial charge in [-0.2, -0.15) is 0 Å². The van der Waals surface area contributed by atoms with Gasteiger partial charge in [0.1, 0.15) is 0 Å². The zero-order chi connectivity index (χ0) is 11.5. The molecule has 1 aliphatic rings. The molecule has 0 radical (unpaired) electrons. The Morgan fingerprint density at radius 2 is 2.13 bits per heavy atom. The minimum Gasteiger partial charge on any atom is -0.393 e. The molecule has 0 aromatic rings. The monoisotopic (exact) mass is 228 g/mol. The Morgan fingerprint density at radius 1 is 1.53 bits per heavy atom. The highest BCUT2D eigenvalue weighted by Gasteiger charge is 2.50. The average Bonchev–Trinajstić information content (AvgIpc) is 2.74. The van der Waals surface area contributed by atoms with Gasteiger partial charge in [-0.15, -0.1) is 0 Å². The van der Waals surface area contributed by atoms with Crippen LogP contribution in [-0.4, -0.2) is 17.4 Å². The van der Waals surface area contributed by atoms with E-state index in [9.17, 15) is 4.79 Å². The molecule has 0 heterocycles. The zero-order valence-electron chi connectivity index (χ0n) is 9.51. The molecule has 1 rings (SSSR count). The molecule has 1 saturated carbocycles. The van der Waals surface area contributed by atoms with Crippen LogP contribution in [0.3, 0.4) is 0 Å². The first kappa shape index (κ1) is 12.4. The van der Waals surface area contributed by atoms with Gasteiger partial charge in [-0.05, 0) is 31.1 Å². The van der Waals surface area contributed by atoms with E-state index in [4.69, 9.17) is 18.0 Å². The molecule has 1 amide bonds. The maximum atomic E-state index is 11.6. The first-order valence-corrected chi connectivity index (χ1v) is 5.90. The lowest BCUT2D eigenvalue weighted by molar-refractivity contribution is -0.122. The topological polar surface area (TPSA) is 55.1 Å². The summed E-state index contributed by atoms with van der Waals surface area (Å²) in [5.74, 6) is 0.434. The highest BCUT2D eigenvalue weighted by molar-refractivity contribution is 7.80. The molecule has 15 heavy (non-hydrogen) atoms. The summed E-state index contributed by atoms with van der Waals surface area (Å²) in [5, 5.41) is 2.95. The minimum atomic E-state index is 0.204. The molecule has 1 fully saturated rings. The van der Waals surface area contributed by atoms with E-state index >= 15 is 0 Å². The molecule has 3 nitrogen and oxygen atoms in total. The van der Waals surface area contributed by atoms with E-state index in [-0.39, 0.29) is 17.2 Å². The van der Waals surface area contributed by atoms with Crippen LogP contribution in [0.2, 0.25) is 0 Å². The predicted octanol–water partition coefficient (Wildman–Crippen LogP) is 1.61. The summed E-state index contributed by atoms with van der Waals surface area (Å²) in [6.45, 7) is 5.00. The molecule has 0 saturated heterocycles. The van der Waals surface area contributed by atoms with Gasteiger partial charge in [-0.25, -0.2) is 0 Å². The molecule has 86 valence electrons. The molecule has 0 bridgehead atoms. The smallest absolute Gasteiger partial charge is 0.223 e. The number of hydrogen-bond donors (Lipinski definition) is 2. The standard InChI is InChI=1S/C11H20N2OS/c1-11(2)7-8(11)10(14)13-6-4-3-5-9(12)15/h8H,3-7H2,1-2H3,(H2,12,15)(H,13,14). The second kappa shape index (κ2) is 4.92. The van der Waals surface area contributed by atoms with Crippen LogP contribution in [0, 0.1) is 11.3 Å². The third kappa shape index (κ3) is 4.16. The van der Waals surface area contributed by atoms with Crippen LogP contribution >= 0.6 is 12.2 Å². The lowest BCUT2D eigenvalue weighted by Gasteiger charge is -2.06. The molecule has 0 aromatic heterocycles. The Morgan fingerprint density at radius 3 is 2.60 bits per heavy atom. The fourth-order valence-electron chi connectivity index (χ4n) is 1.67. The van der Waals surface area contributed by atoms with Crippen molar-refractivity contribution in [2.75, 3.05) is 6.54 Å². The van der Waals surface area contributed by atoms with Crippen molar-refractivity contribution in [3.8, 4) is 0 Å². The van der Waals surface area contributed by atoms with Crippen molar-refractivity contribution in [1.82, 2.24) is 5.32 Å². The van der Waals surface area contributed by atoms with Gasteiger partial charge in [-0.1, -0.05) is 26.1 Å². The van der Waals surface area contributed by atoms with Crippen molar-refractivity contribution in [2.24, 2.45) is 17.1 Å². The number of thiocarbonyl (C=S) groups is 1. The van der Waals surface area contributed by atoms with Crippen molar-refractivity contribution in [1.29, 1.82) is 0 Å². The van der Waals surface area contributed by atoms with Crippen molar-refractivity contribution in [3.63, 3.8) is 0 Å². The number of carbonyl (C=O) groups is 1. The summed E-state index contributed by atoms with van der Waals surface area (Å²) in [5.41, 5.74) is 5.60. The van der Waals surface area contributed by atoms with Crippen molar-refractivity contribution in [3.05, 3.63) is 0 Å². The Labute approximate surface area is 96.8 Å². The molecule has 0 spiro atoms. The van der Waals surface area contributed by atoms with Gasteiger partial charge >= 0.3 is 0 Å². The number of amides is 1. The second-order valence-electron chi connectivity index (χ2n) is 4.96. The highest BCUT2D eigenvalue weighted by atomic mass is 32.1. The Balaban J connectivity index is 2.01. The van der Waals surface area contributed by atoms with Gasteiger partial charge in [0.2, 0.25) is 5.91 Å². The number of unbranched alkanes of at least 4 members (excludes halogenated alkanes) is 1. The minimum absolute atomic E-state index is 0.204. The predicted molar refractivity (Wildman–Crippen MR) is 65.5 cm³/mol. The molecular weight excluding hydrogens is 208 g/mol. The highest BCUT2D eigenvalue weighted by Crippen LogP contribution is 2.51. The van der Waals surface area contributed by atoms with Crippen LogP contribution in [0.4, 0.5) is 0 Å². The Hall–Kier alpha value is -0.640. The fourth-order valence-corrected chi connectivity index (χ4v) is 1.82. The molecule has 4 heteroatoms. The van der Waals surface area contributed by atoms with Crippen LogP contribution in [-0.2, 0) is 4.79 Å². The maximum absolute atomic E-state index is 11.6. The lowest BCUT2D eigenvalue weighted by Crippen LogP contribution is -2.27. The molecule has 1 unspecified atom stereocenters. The van der Waals surface area contributed by atoms with Gasteiger partial charge in [-0.3, -0.25) is 4.79 Å². The van der Waals surface area contributed by atoms with E-state index in [1.807, 2.05) is 0 Å². The molecule has 3 N–H and O–H groups in total. The third-order valence-corrected chi connectivity index (χ3v) is 3.18. The van der Waals surface area contributed by atoms with Gasteiger partial charge in [0.25, 0.3) is 0 Å². The number of nitrogens with one attached hydrogen (secondary N) is 1. The van der Waals surface area contributed by atoms with E-state index in [1.165, 1.54) is 0 Å². The van der Waals surface area contributed by atoms with E-state index in [2.05, 4.69) is 19.2 Å². The lowest BCUT2D eigenvalue weighted by atomic mass is 10.1. The van der Waals surface area contributed by atoms with E-state index in [0.29, 0.717) is 4.99 Å². The summed E-state index contributed by atoms with van der Waals surface area (Å²) >= 11 is 4.77. The van der Waals surface area contributed by atoms with E-state index < -0.39 is 0 Å². The first-order valence-electron chi connectivity index (χ1n) is 5.49. The first-order chi connectivity index (χ1) is 6.93. The summed E-state index contributed by atoms with van der Waals surface area (Å²) < 4.78 is 0. The molecular formula is C11H20N2OS. The third-order valence-electron chi connectivity index (χ3n) is 2.98. The summed E-state index contributed by atoms with van der Waals surface area (Å²) in [4.78, 5) is 12.1. The van der Waals surface area contributed by atoms with Crippen molar-refractivity contribution < 1.29 is 4.79 Å². The van der Waals surface area contributed by atoms with E-state index in [1.54, 1.807) is 0 Å². The summed E-state index contributed by atoms with van der Waals surface area (Å²) in [7, 11) is 0. The number of hydrogen-bond acceptors (Lipinski definition) is 2. The maximum Gasteiger partial charge on any atom is 0.223 e. The van der Waals surface area contributed by atoms with Crippen molar-refractivity contribution >= 4 is 23.1 Å². The number of rotatable bonds is 6. The van der Waals surface area contributed by atoms with Crippen molar-refractivity contribution in [2.45, 2.75) is 39.5 Å². The van der Waals surface area contributed by atoms with Crippen LogP contribution in [0.1, 0.15) is 39.5 Å². The SMILES string of the molecule is CC1(C)CC1C(=O)NCCCCC(N)=S. The van der Waals surface area contributed by atoms with Crippen LogP contribution in [0.25, 0.3) is 0 Å². The van der Waals surface area contributed by atoms with Gasteiger partial charge in [0.15, 0.2) is 0 Å². The van der Waals surface area contributed by atoms with Gasteiger partial charge < -0.3 is 11.1 Å². The molecule has 1 aliphatic carbocycles. The summed E-state index contributed by atoms with van der Waals surface area (Å²) in [6.07, 6.45) is 3.71. The fraction of sp³-hybridized carbons (Fsp3) is 0.818. The largest absolute Gasteiger partial charge is 0.393 e. The van der Waals surface area contributed by atoms with Crippen LogP contribution in [0.15, 0.2) is 0 Å². The quantitative estimate of drug-likeness (QED) is 0.536. The second-order valence-corrected chi connectivity index (χ2v) is 5.48. The van der Waals surface area contributed by atoms with Gasteiger partial charge in [0.05, 0.1) is 4.99 Å². The number of nitrogens with two attached hydrogens (primary N) is 1.